The van der Waals surface area contributed by atoms with Gasteiger partial charge in [0, 0.05) is 40.5 Å². The smallest absolute Gasteiger partial charge is 0.259 e. The summed E-state index contributed by atoms with van der Waals surface area (Å²) in [5.74, 6) is -0.862. The number of hydrogen-bond donors (Lipinski definition) is 1. The monoisotopic (exact) mass is 573 g/mol. The van der Waals surface area contributed by atoms with Crippen molar-refractivity contribution in [3.05, 3.63) is 112 Å². The SMILES string of the molecule is CCCNC(=O)[C@@H](Cc1ccccc1)N(Cc1ccc(Cl)cc1Cl)C(=O)CN1C(=O)c2cccc3cccc1c23. The summed E-state index contributed by atoms with van der Waals surface area (Å²) in [5.41, 5.74) is 2.81. The van der Waals surface area contributed by atoms with Gasteiger partial charge in [-0.1, -0.05) is 90.8 Å². The van der Waals surface area contributed by atoms with Crippen LogP contribution in [0.15, 0.2) is 84.9 Å². The van der Waals surface area contributed by atoms with E-state index in [1.54, 1.807) is 24.3 Å². The first-order valence-corrected chi connectivity index (χ1v) is 14.0. The Morgan fingerprint density at radius 1 is 0.950 bits per heavy atom. The molecule has 0 aliphatic carbocycles. The number of halogens is 2. The van der Waals surface area contributed by atoms with E-state index in [1.807, 2.05) is 67.6 Å². The lowest BCUT2D eigenvalue weighted by molar-refractivity contribution is -0.140. The maximum absolute atomic E-state index is 14.2. The molecule has 1 N–H and O–H groups in total. The number of nitrogens with zero attached hydrogens (tertiary/aromatic N) is 2. The van der Waals surface area contributed by atoms with E-state index in [4.69, 9.17) is 23.2 Å². The van der Waals surface area contributed by atoms with Gasteiger partial charge in [-0.2, -0.15) is 0 Å². The standard InChI is InChI=1S/C32H29Cl2N3O3/c1-2-16-35-31(39)28(17-21-8-4-3-5-9-21)36(19-23-14-15-24(33)18-26(23)34)29(38)20-37-27-13-7-11-22-10-6-12-25(30(22)27)32(37)40/h3-15,18,28H,2,16-17,19-20H2,1H3,(H,35,39)/t28-/m1/s1. The lowest BCUT2D eigenvalue weighted by Crippen LogP contribution is -2.53. The average molecular weight is 575 g/mol. The molecular formula is C32H29Cl2N3O3. The molecule has 40 heavy (non-hydrogen) atoms. The molecule has 1 aliphatic heterocycles. The average Bonchev–Trinajstić information content (AvgIpc) is 3.23. The summed E-state index contributed by atoms with van der Waals surface area (Å²) in [7, 11) is 0. The Bertz CT molecular complexity index is 1570. The van der Waals surface area contributed by atoms with Crippen LogP contribution >= 0.6 is 23.2 Å². The minimum absolute atomic E-state index is 0.0745. The predicted molar refractivity (Wildman–Crippen MR) is 160 cm³/mol. The van der Waals surface area contributed by atoms with Crippen LogP contribution in [0.5, 0.6) is 0 Å². The summed E-state index contributed by atoms with van der Waals surface area (Å²) < 4.78 is 0. The van der Waals surface area contributed by atoms with E-state index >= 15 is 0 Å². The number of hydrogen-bond acceptors (Lipinski definition) is 3. The molecule has 0 aromatic heterocycles. The summed E-state index contributed by atoms with van der Waals surface area (Å²) in [5, 5.41) is 5.60. The van der Waals surface area contributed by atoms with Gasteiger partial charge in [0.05, 0.1) is 5.69 Å². The van der Waals surface area contributed by atoms with Gasteiger partial charge in [-0.15, -0.1) is 0 Å². The summed E-state index contributed by atoms with van der Waals surface area (Å²) in [6.07, 6.45) is 1.06. The Hall–Kier alpha value is -3.87. The number of benzene rings is 4. The maximum atomic E-state index is 14.2. The first-order chi connectivity index (χ1) is 19.4. The van der Waals surface area contributed by atoms with E-state index in [0.717, 1.165) is 22.8 Å². The van der Waals surface area contributed by atoms with Crippen LogP contribution in [-0.2, 0) is 22.6 Å². The highest BCUT2D eigenvalue weighted by atomic mass is 35.5. The fourth-order valence-electron chi connectivity index (χ4n) is 5.12. The van der Waals surface area contributed by atoms with Crippen LogP contribution in [0.2, 0.25) is 10.0 Å². The first-order valence-electron chi connectivity index (χ1n) is 13.3. The van der Waals surface area contributed by atoms with Crippen molar-refractivity contribution >= 4 is 57.4 Å². The van der Waals surface area contributed by atoms with Crippen molar-refractivity contribution < 1.29 is 14.4 Å². The zero-order valence-electron chi connectivity index (χ0n) is 22.1. The van der Waals surface area contributed by atoms with Crippen molar-refractivity contribution in [2.75, 3.05) is 18.0 Å². The first kappa shape index (κ1) is 27.7. The topological polar surface area (TPSA) is 69.7 Å². The number of anilines is 1. The molecule has 1 atom stereocenters. The third-order valence-electron chi connectivity index (χ3n) is 7.12. The van der Waals surface area contributed by atoms with Gasteiger partial charge < -0.3 is 10.2 Å². The fourth-order valence-corrected chi connectivity index (χ4v) is 5.58. The van der Waals surface area contributed by atoms with Gasteiger partial charge in [-0.25, -0.2) is 0 Å². The zero-order valence-corrected chi connectivity index (χ0v) is 23.6. The third kappa shape index (κ3) is 5.69. The highest BCUT2D eigenvalue weighted by molar-refractivity contribution is 6.35. The molecule has 1 aliphatic rings. The minimum Gasteiger partial charge on any atom is -0.354 e. The van der Waals surface area contributed by atoms with Gasteiger partial charge >= 0.3 is 0 Å². The van der Waals surface area contributed by atoms with Crippen LogP contribution < -0.4 is 10.2 Å². The molecule has 0 saturated heterocycles. The largest absolute Gasteiger partial charge is 0.354 e. The lowest BCUT2D eigenvalue weighted by atomic mass is 10.0. The Morgan fingerprint density at radius 2 is 1.70 bits per heavy atom. The van der Waals surface area contributed by atoms with E-state index < -0.39 is 6.04 Å². The second kappa shape index (κ2) is 12.1. The number of nitrogens with one attached hydrogen (secondary N) is 1. The van der Waals surface area contributed by atoms with Crippen LogP contribution in [0.3, 0.4) is 0 Å². The highest BCUT2D eigenvalue weighted by Crippen LogP contribution is 2.37. The molecule has 0 radical (unpaired) electrons. The maximum Gasteiger partial charge on any atom is 0.259 e. The highest BCUT2D eigenvalue weighted by Gasteiger charge is 2.36. The molecule has 3 amide bonds. The van der Waals surface area contributed by atoms with E-state index in [-0.39, 0.29) is 30.8 Å². The molecule has 6 nitrogen and oxygen atoms in total. The molecule has 8 heteroatoms. The van der Waals surface area contributed by atoms with Crippen molar-refractivity contribution in [1.82, 2.24) is 10.2 Å². The Balaban J connectivity index is 1.52. The third-order valence-corrected chi connectivity index (χ3v) is 7.71. The molecule has 1 heterocycles. The summed E-state index contributed by atoms with van der Waals surface area (Å²) in [6.45, 7) is 2.31. The van der Waals surface area contributed by atoms with Gasteiger partial charge in [0.1, 0.15) is 12.6 Å². The van der Waals surface area contributed by atoms with Crippen LogP contribution in [0, 0.1) is 0 Å². The molecular weight excluding hydrogens is 545 g/mol. The zero-order chi connectivity index (χ0) is 28.2. The second-order valence-corrected chi connectivity index (χ2v) is 10.7. The molecule has 5 rings (SSSR count). The number of carbonyl (C=O) groups excluding carboxylic acids is 3. The Kier molecular flexibility index (Phi) is 8.38. The van der Waals surface area contributed by atoms with Crippen molar-refractivity contribution in [3.63, 3.8) is 0 Å². The molecule has 4 aromatic rings. The normalized spacial score (nSPS) is 13.0. The number of amides is 3. The quantitative estimate of drug-likeness (QED) is 0.243. The molecule has 204 valence electrons. The Labute approximate surface area is 243 Å². The van der Waals surface area contributed by atoms with Crippen molar-refractivity contribution in [2.24, 2.45) is 0 Å². The number of carbonyl (C=O) groups is 3. The van der Waals surface area contributed by atoms with Gasteiger partial charge in [0.15, 0.2) is 0 Å². The van der Waals surface area contributed by atoms with Crippen molar-refractivity contribution in [3.8, 4) is 0 Å². The molecule has 0 saturated carbocycles. The summed E-state index contributed by atoms with van der Waals surface area (Å²) in [6, 6.07) is 25.1. The molecule has 0 fully saturated rings. The summed E-state index contributed by atoms with van der Waals surface area (Å²) in [4.78, 5) is 44.3. The molecule has 0 unspecified atom stereocenters. The minimum atomic E-state index is -0.830. The van der Waals surface area contributed by atoms with E-state index in [2.05, 4.69) is 5.32 Å². The van der Waals surface area contributed by atoms with Crippen LogP contribution in [-0.4, -0.2) is 41.8 Å². The summed E-state index contributed by atoms with van der Waals surface area (Å²) >= 11 is 12.7. The van der Waals surface area contributed by atoms with E-state index in [1.165, 1.54) is 9.80 Å². The van der Waals surface area contributed by atoms with Gasteiger partial charge in [-0.05, 0) is 47.2 Å². The van der Waals surface area contributed by atoms with Gasteiger partial charge in [0.2, 0.25) is 11.8 Å². The van der Waals surface area contributed by atoms with E-state index in [9.17, 15) is 14.4 Å². The number of rotatable bonds is 10. The fraction of sp³-hybridized carbons (Fsp3) is 0.219. The predicted octanol–water partition coefficient (Wildman–Crippen LogP) is 6.27. The van der Waals surface area contributed by atoms with Gasteiger partial charge in [-0.3, -0.25) is 19.3 Å². The van der Waals surface area contributed by atoms with Crippen LogP contribution in [0.1, 0.15) is 34.8 Å². The Morgan fingerprint density at radius 3 is 2.42 bits per heavy atom. The molecule has 0 spiro atoms. The molecule has 0 bridgehead atoms. The van der Waals surface area contributed by atoms with Gasteiger partial charge in [0.25, 0.3) is 5.91 Å². The second-order valence-electron chi connectivity index (χ2n) is 9.83. The van der Waals surface area contributed by atoms with Crippen molar-refractivity contribution in [1.29, 1.82) is 0 Å². The lowest BCUT2D eigenvalue weighted by Gasteiger charge is -2.33. The van der Waals surface area contributed by atoms with E-state index in [0.29, 0.717) is 39.8 Å². The van der Waals surface area contributed by atoms with Crippen molar-refractivity contribution in [2.45, 2.75) is 32.4 Å². The van der Waals surface area contributed by atoms with Crippen LogP contribution in [0.25, 0.3) is 10.8 Å². The molecule has 4 aromatic carbocycles. The van der Waals surface area contributed by atoms with Crippen LogP contribution in [0.4, 0.5) is 5.69 Å².